The molecule has 0 aromatic heterocycles. The van der Waals surface area contributed by atoms with Gasteiger partial charge in [-0.1, -0.05) is 0 Å². The van der Waals surface area contributed by atoms with Gasteiger partial charge in [-0.15, -0.1) is 0 Å². The Morgan fingerprint density at radius 2 is 0.647 bits per heavy atom. The molecule has 0 atom stereocenters. The van der Waals surface area contributed by atoms with Gasteiger partial charge in [0.2, 0.25) is 0 Å². The van der Waals surface area contributed by atoms with E-state index in [4.69, 9.17) is 0 Å². The summed E-state index contributed by atoms with van der Waals surface area (Å²) in [6.45, 7) is 2.77. The molecule has 0 aliphatic heterocycles. The molecule has 0 aromatic rings. The fourth-order valence-electron chi connectivity index (χ4n) is 4.02. The quantitative estimate of drug-likeness (QED) is 0.127. The van der Waals surface area contributed by atoms with Gasteiger partial charge in [0.05, 0.1) is 0 Å². The van der Waals surface area contributed by atoms with E-state index in [0.717, 1.165) is 0 Å². The molecule has 0 saturated carbocycles. The van der Waals surface area contributed by atoms with E-state index in [2.05, 4.69) is 0 Å². The van der Waals surface area contributed by atoms with Crippen LogP contribution in [0.1, 0.15) is 78.1 Å². The van der Waals surface area contributed by atoms with Crippen molar-refractivity contribution in [3.05, 3.63) is 0 Å². The molecule has 0 heterocycles. The van der Waals surface area contributed by atoms with Gasteiger partial charge in [-0.3, -0.25) is 0 Å². The van der Waals surface area contributed by atoms with Gasteiger partial charge in [0, 0.05) is 0 Å². The van der Waals surface area contributed by atoms with Crippen LogP contribution in [0.25, 0.3) is 0 Å². The maximum absolute atomic E-state index is 15.3. The SMILES string of the molecule is CCCCCCC(C(F)(F)F)(C(F)(F)F)P(F)(F)(F)C(CCCCCC)(C(F)(F)F)C(F)(F)F. The molecular formula is C18H26F15P. The van der Waals surface area contributed by atoms with Gasteiger partial charge in [0.1, 0.15) is 0 Å². The summed E-state index contributed by atoms with van der Waals surface area (Å²) in [5.41, 5.74) is 0. The predicted octanol–water partition coefficient (Wildman–Crippen LogP) is 10.9. The Hall–Kier alpha value is -0.620. The molecule has 0 fully saturated rings. The van der Waals surface area contributed by atoms with E-state index < -0.39 is 81.1 Å². The third-order valence-corrected chi connectivity index (χ3v) is 9.86. The number of hydrogen-bond donors (Lipinski definition) is 0. The van der Waals surface area contributed by atoms with Crippen LogP contribution in [-0.4, -0.2) is 35.0 Å². The first-order chi connectivity index (χ1) is 14.9. The number of unbranched alkanes of at least 4 members (excludes halogenated alkanes) is 6. The first kappa shape index (κ1) is 33.4. The van der Waals surface area contributed by atoms with Crippen molar-refractivity contribution in [3.63, 3.8) is 0 Å². The topological polar surface area (TPSA) is 0 Å². The molecule has 0 N–H and O–H groups in total. The second-order valence-corrected chi connectivity index (χ2v) is 11.3. The van der Waals surface area contributed by atoms with Crippen LogP contribution in [0.5, 0.6) is 0 Å². The predicted molar refractivity (Wildman–Crippen MR) is 97.4 cm³/mol. The Labute approximate surface area is 186 Å². The molecule has 0 radical (unpaired) electrons. The van der Waals surface area contributed by atoms with Crippen molar-refractivity contribution in [3.8, 4) is 0 Å². The van der Waals surface area contributed by atoms with Crippen molar-refractivity contribution in [1.82, 2.24) is 0 Å². The van der Waals surface area contributed by atoms with Crippen LogP contribution in [0.3, 0.4) is 0 Å². The van der Waals surface area contributed by atoms with Gasteiger partial charge in [0.25, 0.3) is 0 Å². The van der Waals surface area contributed by atoms with Crippen molar-refractivity contribution >= 4 is 7.54 Å². The minimum absolute atomic E-state index is 0.113. The maximum atomic E-state index is 15.3. The van der Waals surface area contributed by atoms with Gasteiger partial charge in [0.15, 0.2) is 0 Å². The molecular weight excluding hydrogens is 532 g/mol. The molecule has 0 saturated heterocycles. The van der Waals surface area contributed by atoms with Gasteiger partial charge < -0.3 is 0 Å². The molecule has 0 aliphatic carbocycles. The van der Waals surface area contributed by atoms with E-state index in [1.54, 1.807) is 0 Å². The summed E-state index contributed by atoms with van der Waals surface area (Å²) < 4.78 is 211. The van der Waals surface area contributed by atoms with Crippen LogP contribution in [0.15, 0.2) is 0 Å². The summed E-state index contributed by atoms with van der Waals surface area (Å²) in [6, 6.07) is 0. The Morgan fingerprint density at radius 3 is 0.824 bits per heavy atom. The van der Waals surface area contributed by atoms with Crippen LogP contribution < -0.4 is 0 Å². The zero-order valence-corrected chi connectivity index (χ0v) is 19.1. The Bertz CT molecular complexity index is 553. The van der Waals surface area contributed by atoms with Gasteiger partial charge in [-0.25, -0.2) is 0 Å². The first-order valence-corrected chi connectivity index (χ1v) is 12.3. The molecule has 0 bridgehead atoms. The number of hydrogen-bond acceptors (Lipinski definition) is 0. The fraction of sp³-hybridized carbons (Fsp3) is 1.00. The third kappa shape index (κ3) is 5.38. The average molecular weight is 558 g/mol. The molecule has 0 rings (SSSR count). The summed E-state index contributed by atoms with van der Waals surface area (Å²) in [5.74, 6) is 0. The van der Waals surface area contributed by atoms with Crippen molar-refractivity contribution in [2.75, 3.05) is 0 Å². The van der Waals surface area contributed by atoms with Crippen molar-refractivity contribution in [1.29, 1.82) is 0 Å². The standard InChI is InChI=1S/C18H26F15P/c1-3-5-7-9-11-13(15(19,20)21,16(22,23)24)34(31,32,33)14(17(25,26)27,18(28,29)30)12-10-8-6-4-2/h3-12H2,1-2H3. The van der Waals surface area contributed by atoms with Crippen LogP contribution in [-0.2, 0) is 0 Å². The van der Waals surface area contributed by atoms with Crippen molar-refractivity contribution in [2.45, 2.75) is 113 Å². The monoisotopic (exact) mass is 558 g/mol. The van der Waals surface area contributed by atoms with E-state index in [1.807, 2.05) is 0 Å². The van der Waals surface area contributed by atoms with Crippen LogP contribution >= 0.6 is 7.54 Å². The second kappa shape index (κ2) is 10.4. The van der Waals surface area contributed by atoms with Gasteiger partial charge in [-0.05, 0) is 0 Å². The van der Waals surface area contributed by atoms with Crippen LogP contribution in [0, 0.1) is 0 Å². The number of rotatable bonds is 12. The normalized spacial score (nSPS) is 16.4. The van der Waals surface area contributed by atoms with Crippen LogP contribution in [0.4, 0.5) is 65.3 Å². The van der Waals surface area contributed by atoms with Crippen molar-refractivity contribution in [2.24, 2.45) is 0 Å². The van der Waals surface area contributed by atoms with Crippen LogP contribution in [0.2, 0.25) is 0 Å². The summed E-state index contributed by atoms with van der Waals surface area (Å²) in [5, 5.41) is -14.3. The molecule has 0 spiro atoms. The molecule has 34 heavy (non-hydrogen) atoms. The minimum atomic E-state index is -11.5. The summed E-state index contributed by atoms with van der Waals surface area (Å²) in [4.78, 5) is 0. The average Bonchev–Trinajstić information content (AvgIpc) is 2.55. The first-order valence-electron chi connectivity index (χ1n) is 10.3. The molecule has 0 nitrogen and oxygen atoms in total. The molecule has 0 aliphatic rings. The zero-order chi connectivity index (χ0) is 27.5. The number of alkyl halides is 12. The second-order valence-electron chi connectivity index (χ2n) is 8.14. The fourth-order valence-corrected chi connectivity index (χ4v) is 7.38. The van der Waals surface area contributed by atoms with E-state index in [0.29, 0.717) is 0 Å². The van der Waals surface area contributed by atoms with Gasteiger partial charge in [-0.2, -0.15) is 0 Å². The van der Waals surface area contributed by atoms with E-state index in [-0.39, 0.29) is 25.7 Å². The third-order valence-electron chi connectivity index (χ3n) is 5.91. The summed E-state index contributed by atoms with van der Waals surface area (Å²) >= 11 is 0. The van der Waals surface area contributed by atoms with E-state index in [1.165, 1.54) is 13.8 Å². The summed E-state index contributed by atoms with van der Waals surface area (Å²) in [7, 11) is -11.5. The Kier molecular flexibility index (Phi) is 10.2. The number of halogens is 15. The Balaban J connectivity index is 7.58. The molecule has 0 unspecified atom stereocenters. The molecule has 0 amide bonds. The summed E-state index contributed by atoms with van der Waals surface area (Å²) in [6.07, 6.45) is -40.6. The molecule has 16 heteroatoms. The molecule has 208 valence electrons. The van der Waals surface area contributed by atoms with E-state index >= 15 is 12.6 Å². The molecule has 0 aromatic carbocycles. The Morgan fingerprint density at radius 1 is 0.412 bits per heavy atom. The van der Waals surface area contributed by atoms with Crippen molar-refractivity contribution < 1.29 is 65.3 Å². The van der Waals surface area contributed by atoms with Gasteiger partial charge >= 0.3 is 186 Å². The van der Waals surface area contributed by atoms with E-state index in [9.17, 15) is 52.7 Å². The zero-order valence-electron chi connectivity index (χ0n) is 18.2.